The Balaban J connectivity index is 1.75. The molecule has 4 rings (SSSR count). The van der Waals surface area contributed by atoms with E-state index in [0.29, 0.717) is 10.9 Å². The van der Waals surface area contributed by atoms with Crippen LogP contribution in [0.2, 0.25) is 0 Å². The first kappa shape index (κ1) is 28.0. The smallest absolute Gasteiger partial charge is 0.414 e. The zero-order chi connectivity index (χ0) is 28.3. The number of amides is 2. The molecule has 0 saturated carbocycles. The molecule has 0 atom stereocenters. The molecule has 39 heavy (non-hydrogen) atoms. The van der Waals surface area contributed by atoms with Crippen LogP contribution in [0.3, 0.4) is 0 Å². The molecule has 0 radical (unpaired) electrons. The summed E-state index contributed by atoms with van der Waals surface area (Å²) in [6.45, 7) is 0.506. The first-order chi connectivity index (χ1) is 18.5. The predicted molar refractivity (Wildman–Crippen MR) is 139 cm³/mol. The number of nitrogens with zero attached hydrogens (tertiary/aromatic N) is 1. The van der Waals surface area contributed by atoms with Gasteiger partial charge in [0.15, 0.2) is 5.82 Å². The van der Waals surface area contributed by atoms with E-state index in [1.165, 1.54) is 56.4 Å². The van der Waals surface area contributed by atoms with Gasteiger partial charge < -0.3 is 24.1 Å². The van der Waals surface area contributed by atoms with Crippen LogP contribution in [0.4, 0.5) is 14.9 Å². The van der Waals surface area contributed by atoms with Crippen molar-refractivity contribution in [2.24, 2.45) is 5.92 Å². The van der Waals surface area contributed by atoms with E-state index >= 15 is 4.39 Å². The minimum absolute atomic E-state index is 0.0226. The number of rotatable bonds is 9. The highest BCUT2D eigenvalue weighted by atomic mass is 32.2. The van der Waals surface area contributed by atoms with Crippen LogP contribution in [-0.4, -0.2) is 59.7 Å². The zero-order valence-electron chi connectivity index (χ0n) is 21.4. The van der Waals surface area contributed by atoms with Crippen LogP contribution >= 0.6 is 0 Å². The van der Waals surface area contributed by atoms with Crippen molar-refractivity contribution < 1.29 is 36.3 Å². The van der Waals surface area contributed by atoms with Gasteiger partial charge in [-0.25, -0.2) is 18.7 Å². The van der Waals surface area contributed by atoms with Gasteiger partial charge in [0.25, 0.3) is 10.2 Å². The van der Waals surface area contributed by atoms with Gasteiger partial charge in [0.05, 0.1) is 24.8 Å². The van der Waals surface area contributed by atoms with Crippen LogP contribution in [0, 0.1) is 11.7 Å². The summed E-state index contributed by atoms with van der Waals surface area (Å²) in [6, 6.07) is 8.55. The molecule has 12 nitrogen and oxygen atoms in total. The Morgan fingerprint density at radius 3 is 2.54 bits per heavy atom. The van der Waals surface area contributed by atoms with E-state index < -0.39 is 27.7 Å². The minimum Gasteiger partial charge on any atom is -0.422 e. The number of halogens is 1. The van der Waals surface area contributed by atoms with Gasteiger partial charge in [-0.1, -0.05) is 12.1 Å². The Morgan fingerprint density at radius 1 is 1.15 bits per heavy atom. The molecule has 208 valence electrons. The summed E-state index contributed by atoms with van der Waals surface area (Å²) in [5, 5.41) is 3.22. The third-order valence-corrected chi connectivity index (χ3v) is 7.10. The lowest BCUT2D eigenvalue weighted by Gasteiger charge is -2.25. The molecule has 0 spiro atoms. The summed E-state index contributed by atoms with van der Waals surface area (Å²) in [5.74, 6) is -1.32. The van der Waals surface area contributed by atoms with Crippen molar-refractivity contribution in [1.29, 1.82) is 0 Å². The van der Waals surface area contributed by atoms with Crippen molar-refractivity contribution in [2.45, 2.75) is 13.0 Å². The molecule has 1 aliphatic heterocycles. The highest BCUT2D eigenvalue weighted by Gasteiger charge is 2.27. The molecule has 2 amide bonds. The third kappa shape index (κ3) is 6.35. The van der Waals surface area contributed by atoms with Gasteiger partial charge in [-0.15, -0.1) is 0 Å². The van der Waals surface area contributed by atoms with E-state index in [4.69, 9.17) is 13.9 Å². The molecule has 3 N–H and O–H groups in total. The van der Waals surface area contributed by atoms with Gasteiger partial charge in [0, 0.05) is 51.1 Å². The quantitative estimate of drug-likeness (QED) is 0.333. The lowest BCUT2D eigenvalue weighted by atomic mass is 9.97. The maximum absolute atomic E-state index is 15.3. The first-order valence-corrected chi connectivity index (χ1v) is 13.3. The van der Waals surface area contributed by atoms with E-state index in [9.17, 15) is 22.8 Å². The average molecular weight is 563 g/mol. The van der Waals surface area contributed by atoms with Crippen molar-refractivity contribution in [2.75, 3.05) is 39.1 Å². The lowest BCUT2D eigenvalue weighted by molar-refractivity contribution is -0.139. The highest BCUT2D eigenvalue weighted by molar-refractivity contribution is 7.90. The largest absolute Gasteiger partial charge is 0.422 e. The first-order valence-electron chi connectivity index (χ1n) is 11.8. The molecule has 1 fully saturated rings. The zero-order valence-corrected chi connectivity index (χ0v) is 22.2. The molecule has 0 bridgehead atoms. The molecule has 1 aliphatic rings. The van der Waals surface area contributed by atoms with Crippen molar-refractivity contribution in [3.8, 4) is 5.75 Å². The normalized spacial score (nSPS) is 13.5. The molecule has 2 heterocycles. The number of hydrogen-bond donors (Lipinski definition) is 3. The van der Waals surface area contributed by atoms with Crippen LogP contribution in [0.15, 0.2) is 45.6 Å². The topological polar surface area (TPSA) is 156 Å². The fraction of sp³-hybridized carbons (Fsp3) is 0.320. The average Bonchev–Trinajstić information content (AvgIpc) is 2.84. The van der Waals surface area contributed by atoms with Gasteiger partial charge in [-0.3, -0.25) is 9.52 Å². The fourth-order valence-corrected chi connectivity index (χ4v) is 4.36. The fourth-order valence-electron chi connectivity index (χ4n) is 3.81. The van der Waals surface area contributed by atoms with Gasteiger partial charge in [-0.05, 0) is 29.3 Å². The van der Waals surface area contributed by atoms with Crippen molar-refractivity contribution in [3.63, 3.8) is 0 Å². The molecule has 2 aromatic carbocycles. The van der Waals surface area contributed by atoms with E-state index in [0.717, 1.165) is 0 Å². The second kappa shape index (κ2) is 11.4. The van der Waals surface area contributed by atoms with Gasteiger partial charge in [-0.2, -0.15) is 8.42 Å². The van der Waals surface area contributed by atoms with Crippen molar-refractivity contribution in [1.82, 2.24) is 14.9 Å². The highest BCUT2D eigenvalue weighted by Crippen LogP contribution is 2.28. The number of hydrogen-bond acceptors (Lipinski definition) is 8. The summed E-state index contributed by atoms with van der Waals surface area (Å²) in [7, 11) is 0.217. The van der Waals surface area contributed by atoms with Crippen molar-refractivity contribution in [3.05, 3.63) is 69.3 Å². The SMILES string of the molecule is CNS(=O)(=O)Nc1cccc(Cc2c(CNC(=O)C3COC3)c3ccc(OC(=O)N(C)C)cc3oc2=O)c1F. The Hall–Kier alpha value is -4.01. The minimum atomic E-state index is -3.99. The van der Waals surface area contributed by atoms with Crippen LogP contribution in [0.1, 0.15) is 16.7 Å². The Kier molecular flexibility index (Phi) is 8.18. The van der Waals surface area contributed by atoms with Crippen LogP contribution in [0.25, 0.3) is 11.0 Å². The molecule has 1 saturated heterocycles. The third-order valence-electron chi connectivity index (χ3n) is 6.07. The summed E-state index contributed by atoms with van der Waals surface area (Å²) < 4.78 is 59.0. The van der Waals surface area contributed by atoms with Crippen molar-refractivity contribution >= 4 is 38.9 Å². The second-order valence-electron chi connectivity index (χ2n) is 8.98. The Labute approximate surface area is 223 Å². The van der Waals surface area contributed by atoms with Gasteiger partial charge in [0.1, 0.15) is 11.3 Å². The molecule has 1 aromatic heterocycles. The summed E-state index contributed by atoms with van der Waals surface area (Å²) in [6.07, 6.45) is -0.887. The number of carbonyl (C=O) groups excluding carboxylic acids is 2. The van der Waals surface area contributed by atoms with Crippen LogP contribution < -0.4 is 25.1 Å². The second-order valence-corrected chi connectivity index (χ2v) is 10.6. The van der Waals surface area contributed by atoms with E-state index in [1.807, 2.05) is 4.72 Å². The molecular formula is C25H27FN4O8S. The number of ether oxygens (including phenoxy) is 2. The summed E-state index contributed by atoms with van der Waals surface area (Å²) >= 11 is 0. The van der Waals surface area contributed by atoms with Crippen LogP contribution in [-0.2, 0) is 32.7 Å². The number of benzene rings is 2. The van der Waals surface area contributed by atoms with Gasteiger partial charge >= 0.3 is 11.7 Å². The number of nitrogens with one attached hydrogen (secondary N) is 3. The Bertz CT molecular complexity index is 1580. The van der Waals surface area contributed by atoms with Gasteiger partial charge in [0.2, 0.25) is 5.91 Å². The summed E-state index contributed by atoms with van der Waals surface area (Å²) in [5.41, 5.74) is -0.539. The molecule has 0 aliphatic carbocycles. The van der Waals surface area contributed by atoms with E-state index in [1.54, 1.807) is 6.07 Å². The van der Waals surface area contributed by atoms with E-state index in [2.05, 4.69) is 10.0 Å². The predicted octanol–water partition coefficient (Wildman–Crippen LogP) is 1.72. The Morgan fingerprint density at radius 2 is 1.90 bits per heavy atom. The number of anilines is 1. The maximum atomic E-state index is 15.3. The molecular weight excluding hydrogens is 535 g/mol. The molecule has 14 heteroatoms. The molecule has 0 unspecified atom stereocenters. The molecule has 3 aromatic rings. The lowest BCUT2D eigenvalue weighted by Crippen LogP contribution is -2.42. The summed E-state index contributed by atoms with van der Waals surface area (Å²) in [4.78, 5) is 38.8. The number of fused-ring (bicyclic) bond motifs is 1. The standard InChI is InChI=1S/C25H27FN4O8S/c1-27-39(34,35)29-20-6-4-5-14(22(20)26)9-18-19(11-28-23(31)15-12-36-13-15)17-8-7-16(37-25(33)30(2)3)10-21(17)38-24(18)32/h4-8,10,15,27,29H,9,11-13H2,1-3H3,(H,28,31). The number of carbonyl (C=O) groups is 2. The van der Waals surface area contributed by atoms with Crippen LogP contribution in [0.5, 0.6) is 5.75 Å². The monoisotopic (exact) mass is 562 g/mol. The van der Waals surface area contributed by atoms with E-state index in [-0.39, 0.29) is 66.2 Å². The maximum Gasteiger partial charge on any atom is 0.414 e.